The van der Waals surface area contributed by atoms with Gasteiger partial charge in [-0.05, 0) is 37.6 Å². The van der Waals surface area contributed by atoms with Crippen LogP contribution in [0.3, 0.4) is 0 Å². The molecule has 1 aliphatic rings. The first-order valence-corrected chi connectivity index (χ1v) is 14.3. The molecule has 1 aromatic heterocycles. The van der Waals surface area contributed by atoms with Crippen LogP contribution in [0.1, 0.15) is 18.4 Å². The van der Waals surface area contributed by atoms with E-state index in [9.17, 15) is 8.42 Å². The third kappa shape index (κ3) is 6.20. The first-order chi connectivity index (χ1) is 18.4. The Bertz CT molecular complexity index is 1320. The maximum atomic E-state index is 13.2. The minimum atomic E-state index is -3.57. The maximum absolute atomic E-state index is 13.2. The molecule has 1 saturated heterocycles. The molecule has 0 atom stereocenters. The Hall–Kier alpha value is -2.92. The summed E-state index contributed by atoms with van der Waals surface area (Å²) in [5, 5.41) is 1.53. The molecular formula is C28H38N4O5S. The molecule has 1 fully saturated rings. The van der Waals surface area contributed by atoms with Gasteiger partial charge in [0.05, 0.1) is 26.2 Å². The van der Waals surface area contributed by atoms with Crippen molar-refractivity contribution in [2.75, 3.05) is 67.6 Å². The van der Waals surface area contributed by atoms with Crippen molar-refractivity contribution in [3.05, 3.63) is 54.4 Å². The Labute approximate surface area is 226 Å². The Balaban J connectivity index is 1.24. The number of ether oxygens (including phenoxy) is 3. The van der Waals surface area contributed by atoms with E-state index in [2.05, 4.69) is 14.8 Å². The molecule has 0 unspecified atom stereocenters. The number of aromatic nitrogens is 1. The maximum Gasteiger partial charge on any atom is 0.243 e. The number of rotatable bonds is 12. The van der Waals surface area contributed by atoms with Gasteiger partial charge in [0.2, 0.25) is 15.8 Å². The molecule has 0 amide bonds. The molecule has 206 valence electrons. The molecule has 0 N–H and O–H groups in total. The van der Waals surface area contributed by atoms with Crippen LogP contribution in [0, 0.1) is 0 Å². The lowest BCUT2D eigenvalue weighted by molar-refractivity contribution is 0.124. The summed E-state index contributed by atoms with van der Waals surface area (Å²) in [4.78, 5) is 9.31. The molecule has 4 rings (SSSR count). The fourth-order valence-electron chi connectivity index (χ4n) is 4.98. The number of sulfonamides is 1. The summed E-state index contributed by atoms with van der Waals surface area (Å²) in [7, 11) is 3.00. The lowest BCUT2D eigenvalue weighted by atomic mass is 10.1. The molecule has 0 saturated carbocycles. The van der Waals surface area contributed by atoms with Gasteiger partial charge in [-0.3, -0.25) is 9.88 Å². The van der Waals surface area contributed by atoms with Crippen molar-refractivity contribution in [3.63, 3.8) is 0 Å². The van der Waals surface area contributed by atoms with E-state index in [-0.39, 0.29) is 0 Å². The highest BCUT2D eigenvalue weighted by atomic mass is 32.2. The number of fused-ring (bicyclic) bond motifs is 1. The lowest BCUT2D eigenvalue weighted by Crippen LogP contribution is -2.46. The summed E-state index contributed by atoms with van der Waals surface area (Å²) in [5.74, 6) is 2.00. The molecule has 9 nitrogen and oxygen atoms in total. The second-order valence-corrected chi connectivity index (χ2v) is 11.5. The van der Waals surface area contributed by atoms with Gasteiger partial charge in [-0.15, -0.1) is 0 Å². The van der Waals surface area contributed by atoms with Crippen LogP contribution in [-0.4, -0.2) is 95.2 Å². The van der Waals surface area contributed by atoms with Crippen molar-refractivity contribution in [1.29, 1.82) is 0 Å². The number of methoxy groups -OCH3 is 3. The van der Waals surface area contributed by atoms with Gasteiger partial charge in [0.1, 0.15) is 0 Å². The molecule has 0 radical (unpaired) electrons. The smallest absolute Gasteiger partial charge is 0.243 e. The predicted octanol–water partition coefficient (Wildman–Crippen LogP) is 3.48. The molecule has 10 heteroatoms. The fourth-order valence-corrected chi connectivity index (χ4v) is 6.39. The standard InChI is InChI=1S/C28H38N4O5S/c1-30(38(33,34)26-9-7-8-22-20-29-13-12-24(22)26)14-5-6-15-31-16-18-32(19-17-31)21-23-10-11-25(35-2)28(37-4)27(23)36-3/h7-13,20H,5-6,14-19,21H2,1-4H3. The number of benzene rings is 2. The van der Waals surface area contributed by atoms with Crippen LogP contribution >= 0.6 is 0 Å². The highest BCUT2D eigenvalue weighted by Crippen LogP contribution is 2.40. The van der Waals surface area contributed by atoms with Crippen molar-refractivity contribution in [3.8, 4) is 17.2 Å². The van der Waals surface area contributed by atoms with Crippen LogP contribution in [-0.2, 0) is 16.6 Å². The minimum Gasteiger partial charge on any atom is -0.493 e. The third-order valence-corrected chi connectivity index (χ3v) is 9.09. The van der Waals surface area contributed by atoms with Crippen LogP contribution < -0.4 is 14.2 Å². The van der Waals surface area contributed by atoms with Crippen molar-refractivity contribution in [1.82, 2.24) is 19.1 Å². The fraction of sp³-hybridized carbons (Fsp3) is 0.464. The quantitative estimate of drug-likeness (QED) is 0.322. The molecule has 2 aromatic carbocycles. The largest absolute Gasteiger partial charge is 0.493 e. The molecule has 1 aliphatic heterocycles. The second kappa shape index (κ2) is 12.8. The van der Waals surface area contributed by atoms with E-state index in [0.717, 1.165) is 63.1 Å². The monoisotopic (exact) mass is 542 g/mol. The normalized spacial score (nSPS) is 15.2. The molecular weight excluding hydrogens is 504 g/mol. The van der Waals surface area contributed by atoms with Gasteiger partial charge in [-0.2, -0.15) is 0 Å². The number of unbranched alkanes of at least 4 members (excludes halogenated alkanes) is 1. The lowest BCUT2D eigenvalue weighted by Gasteiger charge is -2.35. The predicted molar refractivity (Wildman–Crippen MR) is 149 cm³/mol. The van der Waals surface area contributed by atoms with Gasteiger partial charge >= 0.3 is 0 Å². The molecule has 0 spiro atoms. The minimum absolute atomic E-state index is 0.335. The summed E-state index contributed by atoms with van der Waals surface area (Å²) in [6.07, 6.45) is 5.08. The Morgan fingerprint density at radius 2 is 1.63 bits per heavy atom. The molecule has 0 aliphatic carbocycles. The van der Waals surface area contributed by atoms with Crippen molar-refractivity contribution in [2.24, 2.45) is 0 Å². The van der Waals surface area contributed by atoms with Gasteiger partial charge < -0.3 is 19.1 Å². The van der Waals surface area contributed by atoms with Crippen molar-refractivity contribution in [2.45, 2.75) is 24.3 Å². The summed E-state index contributed by atoms with van der Waals surface area (Å²) >= 11 is 0. The van der Waals surface area contributed by atoms with E-state index < -0.39 is 10.0 Å². The van der Waals surface area contributed by atoms with E-state index >= 15 is 0 Å². The molecule has 3 aromatic rings. The first-order valence-electron chi connectivity index (χ1n) is 12.9. The number of nitrogens with zero attached hydrogens (tertiary/aromatic N) is 4. The van der Waals surface area contributed by atoms with Gasteiger partial charge in [0.15, 0.2) is 11.5 Å². The SMILES string of the molecule is COc1ccc(CN2CCN(CCCCN(C)S(=O)(=O)c3cccc4cnccc34)CC2)c(OC)c1OC. The van der Waals surface area contributed by atoms with Crippen LogP contribution in [0.4, 0.5) is 0 Å². The van der Waals surface area contributed by atoms with Gasteiger partial charge in [0, 0.05) is 75.0 Å². The van der Waals surface area contributed by atoms with Crippen molar-refractivity contribution >= 4 is 20.8 Å². The summed E-state index contributed by atoms with van der Waals surface area (Å²) in [5.41, 5.74) is 1.07. The van der Waals surface area contributed by atoms with Crippen LogP contribution in [0.2, 0.25) is 0 Å². The summed E-state index contributed by atoms with van der Waals surface area (Å²) in [6.45, 7) is 6.11. The van der Waals surface area contributed by atoms with E-state index in [1.165, 1.54) is 4.31 Å². The van der Waals surface area contributed by atoms with Crippen LogP contribution in [0.5, 0.6) is 17.2 Å². The average Bonchev–Trinajstić information content (AvgIpc) is 2.95. The third-order valence-electron chi connectivity index (χ3n) is 7.17. The topological polar surface area (TPSA) is 84.4 Å². The number of hydrogen-bond acceptors (Lipinski definition) is 8. The van der Waals surface area contributed by atoms with Crippen LogP contribution in [0.15, 0.2) is 53.7 Å². The van der Waals surface area contributed by atoms with Gasteiger partial charge in [0.25, 0.3) is 0 Å². The zero-order valence-electron chi connectivity index (χ0n) is 22.7. The Morgan fingerprint density at radius 1 is 0.895 bits per heavy atom. The van der Waals surface area contributed by atoms with Gasteiger partial charge in [-0.1, -0.05) is 18.2 Å². The summed E-state index contributed by atoms with van der Waals surface area (Å²) < 4.78 is 44.5. The number of pyridine rings is 1. The van der Waals surface area contributed by atoms with E-state index in [0.29, 0.717) is 34.1 Å². The van der Waals surface area contributed by atoms with E-state index in [4.69, 9.17) is 14.2 Å². The molecule has 38 heavy (non-hydrogen) atoms. The second-order valence-electron chi connectivity index (χ2n) is 9.50. The molecule has 2 heterocycles. The van der Waals surface area contributed by atoms with Crippen molar-refractivity contribution < 1.29 is 22.6 Å². The average molecular weight is 543 g/mol. The zero-order valence-corrected chi connectivity index (χ0v) is 23.5. The number of hydrogen-bond donors (Lipinski definition) is 0. The van der Waals surface area contributed by atoms with Gasteiger partial charge in [-0.25, -0.2) is 12.7 Å². The number of piperazine rings is 1. The highest BCUT2D eigenvalue weighted by Gasteiger charge is 2.24. The highest BCUT2D eigenvalue weighted by molar-refractivity contribution is 7.89. The van der Waals surface area contributed by atoms with Crippen LogP contribution in [0.25, 0.3) is 10.8 Å². The Morgan fingerprint density at radius 3 is 2.34 bits per heavy atom. The van der Waals surface area contributed by atoms with E-state index in [1.54, 1.807) is 59.0 Å². The zero-order chi connectivity index (χ0) is 27.1. The van der Waals surface area contributed by atoms with E-state index in [1.807, 2.05) is 18.2 Å². The molecule has 0 bridgehead atoms. The Kier molecular flexibility index (Phi) is 9.43. The first kappa shape index (κ1) is 28.1. The summed E-state index contributed by atoms with van der Waals surface area (Å²) in [6, 6.07) is 11.0.